The van der Waals surface area contributed by atoms with Gasteiger partial charge < -0.3 is 10.4 Å². The molecule has 0 saturated heterocycles. The Bertz CT molecular complexity index is 871. The van der Waals surface area contributed by atoms with Crippen molar-refractivity contribution >= 4 is 33.0 Å². The molecule has 0 spiro atoms. The van der Waals surface area contributed by atoms with Crippen molar-refractivity contribution in [2.75, 3.05) is 16.1 Å². The highest BCUT2D eigenvalue weighted by atomic mass is 35.5. The van der Waals surface area contributed by atoms with Gasteiger partial charge in [-0.15, -0.1) is 0 Å². The molecular formula is C17H18ClN2O4S-. The monoisotopic (exact) mass is 381 g/mol. The smallest absolute Gasteiger partial charge is 0.264 e. The zero-order valence-electron chi connectivity index (χ0n) is 13.4. The van der Waals surface area contributed by atoms with Crippen LogP contribution in [0.2, 0.25) is 5.02 Å². The van der Waals surface area contributed by atoms with E-state index in [4.69, 9.17) is 16.8 Å². The Hall–Kier alpha value is -1.80. The number of hydrogen-bond donors (Lipinski definition) is 1. The average molecular weight is 382 g/mol. The maximum atomic E-state index is 13.2. The molecule has 0 unspecified atom stereocenters. The lowest BCUT2D eigenvalue weighted by atomic mass is 10.0. The zero-order chi connectivity index (χ0) is 18.0. The fraction of sp³-hybridized carbons (Fsp3) is 0.294. The topological polar surface area (TPSA) is 83.9 Å². The number of anilines is 2. The summed E-state index contributed by atoms with van der Waals surface area (Å²) in [5, 5.41) is 19.9. The van der Waals surface area contributed by atoms with Crippen LogP contribution in [0.5, 0.6) is 0 Å². The first-order valence-electron chi connectivity index (χ1n) is 7.97. The molecule has 2 aromatic rings. The van der Waals surface area contributed by atoms with E-state index in [0.717, 1.165) is 37.3 Å². The van der Waals surface area contributed by atoms with Crippen LogP contribution in [0.1, 0.15) is 24.8 Å². The van der Waals surface area contributed by atoms with Crippen LogP contribution in [0.4, 0.5) is 11.4 Å². The minimum Gasteiger partial charge on any atom is -0.733 e. The van der Waals surface area contributed by atoms with E-state index in [-0.39, 0.29) is 15.6 Å². The number of benzene rings is 2. The second kappa shape index (κ2) is 7.21. The van der Waals surface area contributed by atoms with Gasteiger partial charge in [-0.3, -0.25) is 9.51 Å². The van der Waals surface area contributed by atoms with Crippen LogP contribution in [0.3, 0.4) is 0 Å². The molecule has 1 aliphatic rings. The molecule has 0 amide bonds. The van der Waals surface area contributed by atoms with Crippen molar-refractivity contribution in [2.45, 2.75) is 30.6 Å². The van der Waals surface area contributed by atoms with Crippen LogP contribution < -0.4 is 9.53 Å². The summed E-state index contributed by atoms with van der Waals surface area (Å²) in [6.07, 6.45) is 3.53. The summed E-state index contributed by atoms with van der Waals surface area (Å²) in [5.74, 6) is 0. The minimum atomic E-state index is -3.89. The quantitative estimate of drug-likeness (QED) is 0.813. The summed E-state index contributed by atoms with van der Waals surface area (Å²) in [6.45, 7) is 0.359. The summed E-state index contributed by atoms with van der Waals surface area (Å²) < 4.78 is 27.7. The molecule has 1 aliphatic heterocycles. The Morgan fingerprint density at radius 3 is 2.64 bits per heavy atom. The molecule has 1 heterocycles. The van der Waals surface area contributed by atoms with Gasteiger partial charge >= 0.3 is 0 Å². The van der Waals surface area contributed by atoms with E-state index in [1.54, 1.807) is 6.07 Å². The van der Waals surface area contributed by atoms with Gasteiger partial charge in [0, 0.05) is 6.54 Å². The maximum Gasteiger partial charge on any atom is 0.264 e. The van der Waals surface area contributed by atoms with Crippen molar-refractivity contribution < 1.29 is 13.6 Å². The number of rotatable bonds is 3. The predicted molar refractivity (Wildman–Crippen MR) is 97.6 cm³/mol. The number of para-hydroxylation sites is 1. The van der Waals surface area contributed by atoms with Crippen molar-refractivity contribution in [1.82, 2.24) is 0 Å². The first-order valence-corrected chi connectivity index (χ1v) is 9.79. The molecule has 0 bridgehead atoms. The Morgan fingerprint density at radius 2 is 1.88 bits per heavy atom. The molecule has 0 fully saturated rings. The summed E-state index contributed by atoms with van der Waals surface area (Å²) >= 11 is 5.85. The number of sulfonamides is 1. The standard InChI is InChI=1S/C17H18ClN2O4S/c18-15-10-9-14(12-17(15)20(21)22)25(23,24)19-11-5-1-2-6-13-7-3-4-8-16(13)19/h3-4,7-10,12,21H,1-2,5-6,11H2/q-1. The Kier molecular flexibility index (Phi) is 5.19. The van der Waals surface area contributed by atoms with Crippen LogP contribution in [0.25, 0.3) is 0 Å². The van der Waals surface area contributed by atoms with Crippen molar-refractivity contribution in [1.29, 1.82) is 0 Å². The van der Waals surface area contributed by atoms with Gasteiger partial charge in [-0.25, -0.2) is 8.42 Å². The second-order valence-electron chi connectivity index (χ2n) is 5.90. The largest absolute Gasteiger partial charge is 0.733 e. The molecule has 0 aromatic heterocycles. The molecule has 0 atom stereocenters. The highest BCUT2D eigenvalue weighted by Crippen LogP contribution is 2.33. The van der Waals surface area contributed by atoms with Crippen molar-refractivity contribution in [3.8, 4) is 0 Å². The van der Waals surface area contributed by atoms with Gasteiger partial charge in [-0.1, -0.05) is 36.2 Å². The molecule has 25 heavy (non-hydrogen) atoms. The van der Waals surface area contributed by atoms with E-state index in [0.29, 0.717) is 12.2 Å². The molecule has 2 aromatic carbocycles. The fourth-order valence-electron chi connectivity index (χ4n) is 3.01. The lowest BCUT2D eigenvalue weighted by Crippen LogP contribution is -2.33. The fourth-order valence-corrected chi connectivity index (χ4v) is 4.76. The zero-order valence-corrected chi connectivity index (χ0v) is 15.0. The third kappa shape index (κ3) is 3.59. The SMILES string of the molecule is O=S(=O)(c1ccc(Cl)c(N([O-])O)c1)N1CCCCCc2ccccc21. The third-order valence-electron chi connectivity index (χ3n) is 4.28. The molecule has 0 saturated carbocycles. The highest BCUT2D eigenvalue weighted by molar-refractivity contribution is 7.92. The van der Waals surface area contributed by atoms with Gasteiger partial charge in [-0.2, -0.15) is 0 Å². The first-order chi connectivity index (χ1) is 11.9. The van der Waals surface area contributed by atoms with Crippen LogP contribution in [0.15, 0.2) is 47.4 Å². The summed E-state index contributed by atoms with van der Waals surface area (Å²) in [7, 11) is -3.89. The average Bonchev–Trinajstić information content (AvgIpc) is 2.55. The van der Waals surface area contributed by atoms with Gasteiger partial charge in [0.25, 0.3) is 10.0 Å². The second-order valence-corrected chi connectivity index (χ2v) is 8.17. The lowest BCUT2D eigenvalue weighted by Gasteiger charge is -2.29. The maximum absolute atomic E-state index is 13.2. The molecule has 134 valence electrons. The van der Waals surface area contributed by atoms with Crippen molar-refractivity contribution in [2.24, 2.45) is 0 Å². The molecule has 0 aliphatic carbocycles. The number of halogens is 1. The van der Waals surface area contributed by atoms with Crippen LogP contribution in [-0.2, 0) is 16.4 Å². The van der Waals surface area contributed by atoms with Gasteiger partial charge in [0.05, 0.1) is 21.3 Å². The highest BCUT2D eigenvalue weighted by Gasteiger charge is 2.28. The summed E-state index contributed by atoms with van der Waals surface area (Å²) in [4.78, 5) is -0.0859. The molecule has 8 heteroatoms. The van der Waals surface area contributed by atoms with Crippen LogP contribution >= 0.6 is 11.6 Å². The Labute approximate surface area is 151 Å². The molecule has 6 nitrogen and oxygen atoms in total. The van der Waals surface area contributed by atoms with Crippen LogP contribution in [0, 0.1) is 5.21 Å². The minimum absolute atomic E-state index is 0.0236. The lowest BCUT2D eigenvalue weighted by molar-refractivity contribution is 0.296. The number of fused-ring (bicyclic) bond motifs is 1. The summed E-state index contributed by atoms with van der Waals surface area (Å²) in [5.41, 5.74) is 1.33. The van der Waals surface area contributed by atoms with E-state index in [1.165, 1.54) is 16.4 Å². The molecular weight excluding hydrogens is 364 g/mol. The number of hydrogen-bond acceptors (Lipinski definition) is 5. The third-order valence-corrected chi connectivity index (χ3v) is 6.41. The molecule has 1 N–H and O–H groups in total. The Balaban J connectivity index is 2.10. The normalized spacial score (nSPS) is 15.2. The van der Waals surface area contributed by atoms with Gasteiger partial charge in [0.15, 0.2) is 0 Å². The molecule has 0 radical (unpaired) electrons. The number of nitrogens with zero attached hydrogens (tertiary/aromatic N) is 2. The van der Waals surface area contributed by atoms with Gasteiger partial charge in [0.2, 0.25) is 0 Å². The van der Waals surface area contributed by atoms with Crippen LogP contribution in [-0.4, -0.2) is 20.2 Å². The van der Waals surface area contributed by atoms with Gasteiger partial charge in [-0.05, 0) is 49.1 Å². The predicted octanol–water partition coefficient (Wildman–Crippen LogP) is 3.96. The first kappa shape index (κ1) is 18.0. The van der Waals surface area contributed by atoms with E-state index in [9.17, 15) is 13.6 Å². The van der Waals surface area contributed by atoms with E-state index in [1.807, 2.05) is 18.2 Å². The van der Waals surface area contributed by atoms with E-state index in [2.05, 4.69) is 0 Å². The number of aryl methyl sites for hydroxylation is 1. The molecule has 3 rings (SSSR count). The summed E-state index contributed by atoms with van der Waals surface area (Å²) in [6, 6.07) is 11.2. The van der Waals surface area contributed by atoms with Crippen molar-refractivity contribution in [3.63, 3.8) is 0 Å². The van der Waals surface area contributed by atoms with E-state index >= 15 is 0 Å². The van der Waals surface area contributed by atoms with Gasteiger partial charge in [0.1, 0.15) is 0 Å². The van der Waals surface area contributed by atoms with Crippen molar-refractivity contribution in [3.05, 3.63) is 58.3 Å². The van der Waals surface area contributed by atoms with E-state index < -0.39 is 15.2 Å². The Morgan fingerprint density at radius 1 is 1.12 bits per heavy atom.